The molecule has 0 fully saturated rings. The molecular formula is C10H10F3NO2. The molecule has 1 heterocycles. The average molecular weight is 233 g/mol. The second-order valence-electron chi connectivity index (χ2n) is 3.45. The molecule has 0 aliphatic heterocycles. The SMILES string of the molecule is CC(=O)C(C)n1cc(C(F)(F)F)ccc1=O. The first-order valence-corrected chi connectivity index (χ1v) is 4.53. The number of aromatic nitrogens is 1. The number of nitrogens with zero attached hydrogens (tertiary/aromatic N) is 1. The number of alkyl halides is 3. The zero-order valence-electron chi connectivity index (χ0n) is 8.71. The number of Topliss-reactive ketones (excluding diaryl/α,β-unsaturated/α-hetero) is 1. The molecule has 0 spiro atoms. The van der Waals surface area contributed by atoms with Gasteiger partial charge in [-0.3, -0.25) is 9.59 Å². The number of rotatable bonds is 2. The van der Waals surface area contributed by atoms with Crippen LogP contribution < -0.4 is 5.56 Å². The Morgan fingerprint density at radius 1 is 1.38 bits per heavy atom. The lowest BCUT2D eigenvalue weighted by atomic mass is 10.2. The fourth-order valence-corrected chi connectivity index (χ4v) is 1.17. The lowest BCUT2D eigenvalue weighted by molar-refractivity contribution is -0.138. The quantitative estimate of drug-likeness (QED) is 0.783. The Hall–Kier alpha value is -1.59. The Labute approximate surface area is 89.5 Å². The van der Waals surface area contributed by atoms with Gasteiger partial charge in [-0.2, -0.15) is 13.2 Å². The summed E-state index contributed by atoms with van der Waals surface area (Å²) in [4.78, 5) is 22.3. The number of halogens is 3. The van der Waals surface area contributed by atoms with Gasteiger partial charge in [-0.1, -0.05) is 0 Å². The minimum atomic E-state index is -4.52. The van der Waals surface area contributed by atoms with Gasteiger partial charge in [-0.05, 0) is 19.9 Å². The van der Waals surface area contributed by atoms with Gasteiger partial charge in [0.05, 0.1) is 11.6 Å². The van der Waals surface area contributed by atoms with Crippen molar-refractivity contribution in [1.29, 1.82) is 0 Å². The van der Waals surface area contributed by atoms with Crippen LogP contribution in [0.3, 0.4) is 0 Å². The highest BCUT2D eigenvalue weighted by Crippen LogP contribution is 2.28. The van der Waals surface area contributed by atoms with Crippen molar-refractivity contribution in [3.05, 3.63) is 34.2 Å². The third-order valence-electron chi connectivity index (χ3n) is 2.27. The molecule has 16 heavy (non-hydrogen) atoms. The largest absolute Gasteiger partial charge is 0.417 e. The van der Waals surface area contributed by atoms with E-state index in [0.29, 0.717) is 12.3 Å². The second kappa shape index (κ2) is 4.11. The summed E-state index contributed by atoms with van der Waals surface area (Å²) in [7, 11) is 0. The first-order chi connectivity index (χ1) is 7.23. The summed E-state index contributed by atoms with van der Waals surface area (Å²) < 4.78 is 37.9. The monoisotopic (exact) mass is 233 g/mol. The molecule has 0 aliphatic carbocycles. The highest BCUT2D eigenvalue weighted by Gasteiger charge is 2.31. The summed E-state index contributed by atoms with van der Waals surface area (Å²) in [6.07, 6.45) is -3.86. The van der Waals surface area contributed by atoms with E-state index in [1.165, 1.54) is 13.8 Å². The van der Waals surface area contributed by atoms with Crippen molar-refractivity contribution in [2.75, 3.05) is 0 Å². The summed E-state index contributed by atoms with van der Waals surface area (Å²) in [5, 5.41) is 0. The molecule has 1 atom stereocenters. The van der Waals surface area contributed by atoms with Crippen molar-refractivity contribution in [3.8, 4) is 0 Å². The van der Waals surface area contributed by atoms with E-state index in [0.717, 1.165) is 10.6 Å². The fraction of sp³-hybridized carbons (Fsp3) is 0.400. The molecule has 0 saturated heterocycles. The van der Waals surface area contributed by atoms with Crippen LogP contribution in [0.25, 0.3) is 0 Å². The summed E-state index contributed by atoms with van der Waals surface area (Å²) >= 11 is 0. The van der Waals surface area contributed by atoms with Crippen molar-refractivity contribution in [1.82, 2.24) is 4.57 Å². The molecule has 0 bridgehead atoms. The van der Waals surface area contributed by atoms with Crippen LogP contribution in [0.4, 0.5) is 13.2 Å². The maximum Gasteiger partial charge on any atom is 0.417 e. The highest BCUT2D eigenvalue weighted by atomic mass is 19.4. The van der Waals surface area contributed by atoms with Crippen LogP contribution in [0.2, 0.25) is 0 Å². The number of hydrogen-bond acceptors (Lipinski definition) is 2. The minimum absolute atomic E-state index is 0.374. The first kappa shape index (κ1) is 12.5. The number of hydrogen-bond donors (Lipinski definition) is 0. The zero-order valence-corrected chi connectivity index (χ0v) is 8.71. The molecular weight excluding hydrogens is 223 g/mol. The maximum absolute atomic E-state index is 12.4. The van der Waals surface area contributed by atoms with Crippen molar-refractivity contribution in [3.63, 3.8) is 0 Å². The van der Waals surface area contributed by atoms with E-state index in [1.807, 2.05) is 0 Å². The van der Waals surface area contributed by atoms with Crippen LogP contribution in [0.5, 0.6) is 0 Å². The van der Waals surface area contributed by atoms with Gasteiger partial charge in [0.15, 0.2) is 5.78 Å². The molecule has 0 radical (unpaired) electrons. The lowest BCUT2D eigenvalue weighted by Crippen LogP contribution is -2.27. The molecule has 88 valence electrons. The highest BCUT2D eigenvalue weighted by molar-refractivity contribution is 5.79. The molecule has 0 aliphatic rings. The molecule has 0 aromatic carbocycles. The molecule has 0 N–H and O–H groups in total. The Balaban J connectivity index is 3.30. The molecule has 1 rings (SSSR count). The predicted octanol–water partition coefficient (Wildman–Crippen LogP) is 2.02. The molecule has 1 aromatic heterocycles. The van der Waals surface area contributed by atoms with E-state index >= 15 is 0 Å². The van der Waals surface area contributed by atoms with E-state index in [9.17, 15) is 22.8 Å². The van der Waals surface area contributed by atoms with Gasteiger partial charge in [0.1, 0.15) is 0 Å². The summed E-state index contributed by atoms with van der Waals surface area (Å²) in [6, 6.07) is 0.614. The van der Waals surface area contributed by atoms with Gasteiger partial charge in [-0.25, -0.2) is 0 Å². The maximum atomic E-state index is 12.4. The second-order valence-corrected chi connectivity index (χ2v) is 3.45. The van der Waals surface area contributed by atoms with Crippen molar-refractivity contribution in [2.24, 2.45) is 0 Å². The van der Waals surface area contributed by atoms with E-state index in [4.69, 9.17) is 0 Å². The van der Waals surface area contributed by atoms with E-state index in [2.05, 4.69) is 0 Å². The predicted molar refractivity (Wildman–Crippen MR) is 51.1 cm³/mol. The smallest absolute Gasteiger partial charge is 0.305 e. The van der Waals surface area contributed by atoms with Gasteiger partial charge in [-0.15, -0.1) is 0 Å². The van der Waals surface area contributed by atoms with Crippen LogP contribution in [0.1, 0.15) is 25.5 Å². The van der Waals surface area contributed by atoms with Crippen LogP contribution in [-0.4, -0.2) is 10.4 Å². The standard InChI is InChI=1S/C10H10F3NO2/c1-6(7(2)15)14-5-8(10(11,12)13)3-4-9(14)16/h3-6H,1-2H3. The van der Waals surface area contributed by atoms with Gasteiger partial charge in [0.2, 0.25) is 0 Å². The number of pyridine rings is 1. The minimum Gasteiger partial charge on any atom is -0.305 e. The van der Waals surface area contributed by atoms with Crippen molar-refractivity contribution >= 4 is 5.78 Å². The van der Waals surface area contributed by atoms with Crippen LogP contribution >= 0.6 is 0 Å². The Morgan fingerprint density at radius 3 is 2.38 bits per heavy atom. The average Bonchev–Trinajstić information content (AvgIpc) is 2.15. The molecule has 1 aromatic rings. The van der Waals surface area contributed by atoms with Crippen LogP contribution in [0.15, 0.2) is 23.1 Å². The van der Waals surface area contributed by atoms with Gasteiger partial charge in [0, 0.05) is 12.3 Å². The summed E-state index contributed by atoms with van der Waals surface area (Å²) in [6.45, 7) is 2.60. The zero-order chi connectivity index (χ0) is 12.5. The molecule has 0 saturated carbocycles. The number of ketones is 1. The summed E-state index contributed by atoms with van der Waals surface area (Å²) in [5.41, 5.74) is -1.57. The van der Waals surface area contributed by atoms with Gasteiger partial charge in [0.25, 0.3) is 5.56 Å². The van der Waals surface area contributed by atoms with Crippen molar-refractivity contribution < 1.29 is 18.0 Å². The molecule has 3 nitrogen and oxygen atoms in total. The van der Waals surface area contributed by atoms with E-state index in [-0.39, 0.29) is 5.78 Å². The van der Waals surface area contributed by atoms with Gasteiger partial charge >= 0.3 is 6.18 Å². The lowest BCUT2D eigenvalue weighted by Gasteiger charge is -2.14. The number of carbonyl (C=O) groups is 1. The Kier molecular flexibility index (Phi) is 3.21. The topological polar surface area (TPSA) is 39.1 Å². The Morgan fingerprint density at radius 2 is 1.94 bits per heavy atom. The van der Waals surface area contributed by atoms with Gasteiger partial charge < -0.3 is 4.57 Å². The van der Waals surface area contributed by atoms with E-state index < -0.39 is 23.3 Å². The van der Waals surface area contributed by atoms with Crippen LogP contribution in [-0.2, 0) is 11.0 Å². The normalized spacial score (nSPS) is 13.6. The third kappa shape index (κ3) is 2.50. The number of carbonyl (C=O) groups excluding carboxylic acids is 1. The molecule has 0 amide bonds. The fourth-order valence-electron chi connectivity index (χ4n) is 1.17. The first-order valence-electron chi connectivity index (χ1n) is 4.53. The third-order valence-corrected chi connectivity index (χ3v) is 2.27. The molecule has 6 heteroatoms. The Bertz CT molecular complexity index is 462. The molecule has 1 unspecified atom stereocenters. The van der Waals surface area contributed by atoms with Crippen molar-refractivity contribution in [2.45, 2.75) is 26.1 Å². The van der Waals surface area contributed by atoms with E-state index in [1.54, 1.807) is 0 Å². The van der Waals surface area contributed by atoms with Crippen LogP contribution in [0, 0.1) is 0 Å². The summed E-state index contributed by atoms with van der Waals surface area (Å²) in [5.74, 6) is -0.374.